The van der Waals surface area contributed by atoms with Crippen molar-refractivity contribution < 1.29 is 23.1 Å². The average Bonchev–Trinajstić information content (AvgIpc) is 3.80. The van der Waals surface area contributed by atoms with Gasteiger partial charge in [-0.2, -0.15) is 0 Å². The van der Waals surface area contributed by atoms with E-state index in [-0.39, 0.29) is 23.7 Å². The second-order valence-electron chi connectivity index (χ2n) is 13.5. The molecule has 2 heterocycles. The second kappa shape index (κ2) is 13.1. The fourth-order valence-electron chi connectivity index (χ4n) is 7.35. The highest BCUT2D eigenvalue weighted by Gasteiger charge is 2.40. The third kappa shape index (κ3) is 6.82. The summed E-state index contributed by atoms with van der Waals surface area (Å²) in [5.41, 5.74) is 3.52. The van der Waals surface area contributed by atoms with Gasteiger partial charge in [0.05, 0.1) is 23.6 Å². The first kappa shape index (κ1) is 31.4. The maximum Gasteiger partial charge on any atom is 0.264 e. The zero-order valence-corrected chi connectivity index (χ0v) is 27.3. The maximum atomic E-state index is 13.7. The Labute approximate surface area is 267 Å². The number of allylic oxidation sites excluding steroid dienone is 1. The highest BCUT2D eigenvalue weighted by Crippen LogP contribution is 2.43. The Kier molecular flexibility index (Phi) is 9.32. The zero-order chi connectivity index (χ0) is 31.0. The molecule has 2 aliphatic heterocycles. The number of nitrogens with zero attached hydrogens (tertiary/aromatic N) is 1. The SMILES string of the molecule is CCCc1cc(Cl)ccc1C1COc2ccc3cc2N(C1)CC1CCC1C(O)/C=C/C[C@@H](C)C(CC1CC1)S(=O)(=O)NC3=O. The molecule has 4 aliphatic rings. The Bertz CT molecular complexity index is 1510. The molecule has 0 spiro atoms. The smallest absolute Gasteiger partial charge is 0.264 e. The van der Waals surface area contributed by atoms with Crippen LogP contribution in [0.3, 0.4) is 0 Å². The van der Waals surface area contributed by atoms with Gasteiger partial charge in [-0.3, -0.25) is 4.79 Å². The van der Waals surface area contributed by atoms with Crippen molar-refractivity contribution in [3.8, 4) is 5.75 Å². The van der Waals surface area contributed by atoms with Crippen LogP contribution in [0.15, 0.2) is 48.6 Å². The van der Waals surface area contributed by atoms with Gasteiger partial charge in [0.2, 0.25) is 10.0 Å². The van der Waals surface area contributed by atoms with Gasteiger partial charge in [-0.25, -0.2) is 13.1 Å². The minimum Gasteiger partial charge on any atom is -0.491 e. The summed E-state index contributed by atoms with van der Waals surface area (Å²) in [6, 6.07) is 11.3. The number of fused-ring (bicyclic) bond motifs is 2. The Morgan fingerprint density at radius 1 is 1.09 bits per heavy atom. The molecule has 44 heavy (non-hydrogen) atoms. The summed E-state index contributed by atoms with van der Waals surface area (Å²) < 4.78 is 36.2. The van der Waals surface area contributed by atoms with Crippen LogP contribution < -0.4 is 14.4 Å². The Balaban J connectivity index is 1.37. The lowest BCUT2D eigenvalue weighted by Gasteiger charge is -2.42. The van der Waals surface area contributed by atoms with Gasteiger partial charge in [-0.15, -0.1) is 0 Å². The van der Waals surface area contributed by atoms with E-state index < -0.39 is 27.3 Å². The maximum absolute atomic E-state index is 13.7. The van der Waals surface area contributed by atoms with Crippen molar-refractivity contribution in [1.82, 2.24) is 4.72 Å². The van der Waals surface area contributed by atoms with Crippen LogP contribution in [0, 0.1) is 23.7 Å². The lowest BCUT2D eigenvalue weighted by molar-refractivity contribution is 0.0461. The van der Waals surface area contributed by atoms with Crippen LogP contribution in [0.1, 0.15) is 86.2 Å². The molecule has 7 nitrogen and oxygen atoms in total. The van der Waals surface area contributed by atoms with E-state index >= 15 is 0 Å². The number of benzene rings is 2. The van der Waals surface area contributed by atoms with Crippen LogP contribution in [0.5, 0.6) is 5.75 Å². The minimum absolute atomic E-state index is 0.0671. The van der Waals surface area contributed by atoms with Crippen molar-refractivity contribution in [2.24, 2.45) is 23.7 Å². The number of carbonyl (C=O) groups excluding carboxylic acids is 1. The molecule has 5 unspecified atom stereocenters. The van der Waals surface area contributed by atoms with Gasteiger partial charge in [-0.05, 0) is 97.2 Å². The molecule has 0 aromatic heterocycles. The fourth-order valence-corrected chi connectivity index (χ4v) is 9.32. The highest BCUT2D eigenvalue weighted by atomic mass is 35.5. The molecule has 2 bridgehead atoms. The number of halogens is 1. The van der Waals surface area contributed by atoms with Crippen molar-refractivity contribution in [2.75, 3.05) is 24.6 Å². The van der Waals surface area contributed by atoms with Crippen LogP contribution in [-0.2, 0) is 16.4 Å². The Morgan fingerprint density at radius 2 is 1.91 bits per heavy atom. The molecule has 2 fully saturated rings. The second-order valence-corrected chi connectivity index (χ2v) is 15.9. The quantitative estimate of drug-likeness (QED) is 0.363. The van der Waals surface area contributed by atoms with Crippen LogP contribution in [-0.4, -0.2) is 50.5 Å². The number of hydrogen-bond acceptors (Lipinski definition) is 6. The van der Waals surface area contributed by atoms with Crippen molar-refractivity contribution in [3.63, 3.8) is 0 Å². The molecule has 2 aromatic rings. The molecule has 1 amide bonds. The van der Waals surface area contributed by atoms with Crippen molar-refractivity contribution in [3.05, 3.63) is 70.3 Å². The number of nitrogens with one attached hydrogen (secondary N) is 1. The number of hydrogen-bond donors (Lipinski definition) is 2. The first-order valence-corrected chi connectivity index (χ1v) is 18.3. The summed E-state index contributed by atoms with van der Waals surface area (Å²) in [5.74, 6) is 0.746. The van der Waals surface area contributed by atoms with Crippen LogP contribution in [0.25, 0.3) is 0 Å². The largest absolute Gasteiger partial charge is 0.491 e. The van der Waals surface area contributed by atoms with Gasteiger partial charge in [0, 0.05) is 29.6 Å². The lowest BCUT2D eigenvalue weighted by atomic mass is 9.70. The number of anilines is 1. The fraction of sp³-hybridized carbons (Fsp3) is 0.571. The van der Waals surface area contributed by atoms with E-state index in [9.17, 15) is 18.3 Å². The van der Waals surface area contributed by atoms with E-state index in [4.69, 9.17) is 16.3 Å². The highest BCUT2D eigenvalue weighted by molar-refractivity contribution is 7.90. The van der Waals surface area contributed by atoms with E-state index in [2.05, 4.69) is 28.7 Å². The Morgan fingerprint density at radius 3 is 2.64 bits per heavy atom. The van der Waals surface area contributed by atoms with Crippen LogP contribution >= 0.6 is 11.6 Å². The molecule has 2 aliphatic carbocycles. The normalized spacial score (nSPS) is 31.1. The van der Waals surface area contributed by atoms with E-state index in [0.29, 0.717) is 49.8 Å². The molecule has 6 rings (SSSR count). The number of aliphatic hydroxyl groups is 1. The number of aryl methyl sites for hydroxylation is 1. The monoisotopic (exact) mass is 640 g/mol. The predicted molar refractivity (Wildman–Crippen MR) is 175 cm³/mol. The van der Waals surface area contributed by atoms with Crippen LogP contribution in [0.4, 0.5) is 5.69 Å². The van der Waals surface area contributed by atoms with E-state index in [0.717, 1.165) is 49.2 Å². The molecule has 9 heteroatoms. The van der Waals surface area contributed by atoms with Gasteiger partial charge >= 0.3 is 0 Å². The van der Waals surface area contributed by atoms with Gasteiger partial charge in [0.1, 0.15) is 5.75 Å². The van der Waals surface area contributed by atoms with Crippen molar-refractivity contribution in [1.29, 1.82) is 0 Å². The zero-order valence-electron chi connectivity index (χ0n) is 25.8. The van der Waals surface area contributed by atoms with E-state index in [1.807, 2.05) is 25.1 Å². The Hall–Kier alpha value is -2.55. The molecule has 0 saturated heterocycles. The molecule has 6 atom stereocenters. The number of carbonyl (C=O) groups is 1. The summed E-state index contributed by atoms with van der Waals surface area (Å²) in [4.78, 5) is 15.8. The number of sulfonamides is 1. The lowest BCUT2D eigenvalue weighted by Crippen LogP contribution is -2.44. The van der Waals surface area contributed by atoms with E-state index in [1.54, 1.807) is 18.2 Å². The number of rotatable bonds is 5. The molecule has 0 radical (unpaired) electrons. The van der Waals surface area contributed by atoms with Crippen molar-refractivity contribution in [2.45, 2.75) is 82.5 Å². The number of aliphatic hydroxyl groups excluding tert-OH is 1. The summed E-state index contributed by atoms with van der Waals surface area (Å²) in [6.45, 7) is 5.95. The van der Waals surface area contributed by atoms with Gasteiger partial charge in [0.25, 0.3) is 5.91 Å². The first-order valence-electron chi connectivity index (χ1n) is 16.3. The standard InChI is InChI=1S/C35H45ClN2O5S/c1-3-5-24-17-28(36)12-14-29(24)27-20-38-19-26-10-13-30(26)32(39)7-4-6-22(2)34(16-23-8-9-23)44(41,42)37-35(40)25-11-15-33(43-21-27)31(38)18-25/h4,7,11-12,14-15,17-18,22-23,26-27,30,32,34,39H,3,5-6,8-10,13,16,19-21H2,1-2H3,(H,37,40)/b7-4+/t22-,26?,27?,30?,32?,34?/m1/s1. The van der Waals surface area contributed by atoms with Gasteiger partial charge in [0.15, 0.2) is 0 Å². The average molecular weight is 641 g/mol. The minimum atomic E-state index is -3.93. The van der Waals surface area contributed by atoms with E-state index in [1.165, 1.54) is 11.1 Å². The number of amides is 1. The number of ether oxygens (including phenoxy) is 1. The molecule has 238 valence electrons. The molecule has 2 saturated carbocycles. The topological polar surface area (TPSA) is 95.9 Å². The third-order valence-electron chi connectivity index (χ3n) is 10.2. The van der Waals surface area contributed by atoms with Crippen LogP contribution in [0.2, 0.25) is 5.02 Å². The molecule has 2 N–H and O–H groups in total. The summed E-state index contributed by atoms with van der Waals surface area (Å²) in [7, 11) is -3.93. The van der Waals surface area contributed by atoms with Gasteiger partial charge < -0.3 is 14.7 Å². The van der Waals surface area contributed by atoms with Gasteiger partial charge in [-0.1, -0.05) is 62.9 Å². The molecular formula is C35H45ClN2O5S. The molecule has 2 aromatic carbocycles. The predicted octanol–water partition coefficient (Wildman–Crippen LogP) is 6.49. The van der Waals surface area contributed by atoms with Crippen molar-refractivity contribution >= 4 is 33.2 Å². The molecular weight excluding hydrogens is 596 g/mol. The first-order chi connectivity index (χ1) is 21.1. The summed E-state index contributed by atoms with van der Waals surface area (Å²) >= 11 is 6.39. The summed E-state index contributed by atoms with van der Waals surface area (Å²) in [6.07, 6.45) is 10.3. The summed E-state index contributed by atoms with van der Waals surface area (Å²) in [5, 5.41) is 11.3. The third-order valence-corrected chi connectivity index (χ3v) is 12.4.